The third-order valence-corrected chi connectivity index (χ3v) is 3.80. The third kappa shape index (κ3) is 2.83. The summed E-state index contributed by atoms with van der Waals surface area (Å²) in [5, 5.41) is 3.06. The summed E-state index contributed by atoms with van der Waals surface area (Å²) in [4.78, 5) is 14.3. The fourth-order valence-corrected chi connectivity index (χ4v) is 2.67. The van der Waals surface area contributed by atoms with Crippen molar-refractivity contribution in [2.24, 2.45) is 0 Å². The number of nitrogens with zero attached hydrogens (tertiary/aromatic N) is 1. The summed E-state index contributed by atoms with van der Waals surface area (Å²) in [6.07, 6.45) is 3.62. The average molecular weight is 262 g/mol. The number of piperidine rings is 1. The molecule has 1 saturated heterocycles. The van der Waals surface area contributed by atoms with Crippen molar-refractivity contribution in [1.82, 2.24) is 0 Å². The first kappa shape index (κ1) is 13.7. The van der Waals surface area contributed by atoms with Crippen molar-refractivity contribution in [3.8, 4) is 0 Å². The lowest BCUT2D eigenvalue weighted by molar-refractivity contribution is 0.0601. The summed E-state index contributed by atoms with van der Waals surface area (Å²) >= 11 is 0. The van der Waals surface area contributed by atoms with Crippen LogP contribution >= 0.6 is 0 Å². The number of hydrogen-bond donors (Lipinski definition) is 1. The molecular formula is C15H22N2O2. The molecule has 1 heterocycles. The van der Waals surface area contributed by atoms with Crippen LogP contribution in [-0.4, -0.2) is 32.7 Å². The van der Waals surface area contributed by atoms with E-state index in [1.54, 1.807) is 0 Å². The Morgan fingerprint density at radius 2 is 2.21 bits per heavy atom. The van der Waals surface area contributed by atoms with Gasteiger partial charge in [-0.2, -0.15) is 0 Å². The number of ether oxygens (including phenoxy) is 1. The molecule has 0 spiro atoms. The Hall–Kier alpha value is -1.71. The van der Waals surface area contributed by atoms with Crippen molar-refractivity contribution in [2.45, 2.75) is 32.2 Å². The molecule has 0 aliphatic carbocycles. The molecule has 0 radical (unpaired) electrons. The van der Waals surface area contributed by atoms with E-state index in [1.165, 1.54) is 26.4 Å². The zero-order chi connectivity index (χ0) is 13.8. The lowest BCUT2D eigenvalue weighted by atomic mass is 10.0. The van der Waals surface area contributed by atoms with E-state index >= 15 is 0 Å². The Morgan fingerprint density at radius 1 is 1.42 bits per heavy atom. The minimum Gasteiger partial charge on any atom is -0.465 e. The van der Waals surface area contributed by atoms with E-state index in [1.807, 2.05) is 25.2 Å². The van der Waals surface area contributed by atoms with Crippen LogP contribution in [0.15, 0.2) is 18.2 Å². The van der Waals surface area contributed by atoms with Crippen LogP contribution in [-0.2, 0) is 4.74 Å². The summed E-state index contributed by atoms with van der Waals surface area (Å²) in [5.41, 5.74) is 2.55. The highest BCUT2D eigenvalue weighted by molar-refractivity contribution is 5.97. The monoisotopic (exact) mass is 262 g/mol. The first-order valence-electron chi connectivity index (χ1n) is 6.84. The van der Waals surface area contributed by atoms with Gasteiger partial charge in [0.1, 0.15) is 0 Å². The van der Waals surface area contributed by atoms with Gasteiger partial charge in [-0.3, -0.25) is 0 Å². The number of carbonyl (C=O) groups is 1. The van der Waals surface area contributed by atoms with Gasteiger partial charge < -0.3 is 15.0 Å². The highest BCUT2D eigenvalue weighted by Gasteiger charge is 2.23. The molecule has 1 unspecified atom stereocenters. The summed E-state index contributed by atoms with van der Waals surface area (Å²) < 4.78 is 4.91. The predicted octanol–water partition coefficient (Wildman–Crippen LogP) is 2.89. The Labute approximate surface area is 114 Å². The lowest BCUT2D eigenvalue weighted by Gasteiger charge is -2.36. The van der Waals surface area contributed by atoms with Crippen LogP contribution in [0.1, 0.15) is 36.5 Å². The largest absolute Gasteiger partial charge is 0.465 e. The molecule has 1 atom stereocenters. The van der Waals surface area contributed by atoms with Crippen molar-refractivity contribution in [3.63, 3.8) is 0 Å². The van der Waals surface area contributed by atoms with Gasteiger partial charge in [-0.25, -0.2) is 4.79 Å². The van der Waals surface area contributed by atoms with E-state index in [0.29, 0.717) is 11.6 Å². The maximum absolute atomic E-state index is 12.0. The first-order valence-corrected chi connectivity index (χ1v) is 6.84. The molecule has 1 N–H and O–H groups in total. The number of benzene rings is 1. The maximum Gasteiger partial charge on any atom is 0.340 e. The zero-order valence-electron chi connectivity index (χ0n) is 11.9. The molecule has 1 aromatic carbocycles. The molecule has 1 aliphatic rings. The second-order valence-corrected chi connectivity index (χ2v) is 5.01. The van der Waals surface area contributed by atoms with E-state index in [9.17, 15) is 4.79 Å². The van der Waals surface area contributed by atoms with Crippen molar-refractivity contribution in [3.05, 3.63) is 23.8 Å². The molecule has 19 heavy (non-hydrogen) atoms. The minimum absolute atomic E-state index is 0.273. The number of carbonyl (C=O) groups excluding carboxylic acids is 1. The summed E-state index contributed by atoms with van der Waals surface area (Å²) in [6.45, 7) is 3.22. The van der Waals surface area contributed by atoms with Gasteiger partial charge in [0.25, 0.3) is 0 Å². The molecule has 0 amide bonds. The van der Waals surface area contributed by atoms with Crippen LogP contribution in [0.5, 0.6) is 0 Å². The molecule has 0 aromatic heterocycles. The van der Waals surface area contributed by atoms with Gasteiger partial charge in [0.2, 0.25) is 0 Å². The van der Waals surface area contributed by atoms with Crippen molar-refractivity contribution >= 4 is 17.3 Å². The standard InChI is InChI=1S/C15H22N2O2/c1-11-6-4-5-9-17(11)14-8-7-12(16-2)10-13(14)15(18)19-3/h7-8,10-11,16H,4-6,9H2,1-3H3. The molecule has 4 heteroatoms. The van der Waals surface area contributed by atoms with Gasteiger partial charge in [-0.05, 0) is 44.4 Å². The van der Waals surface area contributed by atoms with Crippen LogP contribution in [0.2, 0.25) is 0 Å². The summed E-state index contributed by atoms with van der Waals surface area (Å²) in [6, 6.07) is 6.35. The SMILES string of the molecule is CNc1ccc(N2CCCCC2C)c(C(=O)OC)c1. The number of rotatable bonds is 3. The Kier molecular flexibility index (Phi) is 4.30. The van der Waals surface area contributed by atoms with Crippen molar-refractivity contribution in [2.75, 3.05) is 30.9 Å². The number of esters is 1. The van der Waals surface area contributed by atoms with Crippen molar-refractivity contribution < 1.29 is 9.53 Å². The highest BCUT2D eigenvalue weighted by atomic mass is 16.5. The van der Waals surface area contributed by atoms with E-state index < -0.39 is 0 Å². The quantitative estimate of drug-likeness (QED) is 0.850. The highest BCUT2D eigenvalue weighted by Crippen LogP contribution is 2.30. The molecule has 4 nitrogen and oxygen atoms in total. The van der Waals surface area contributed by atoms with Gasteiger partial charge >= 0.3 is 5.97 Å². The van der Waals surface area contributed by atoms with Crippen LogP contribution in [0, 0.1) is 0 Å². The number of hydrogen-bond acceptors (Lipinski definition) is 4. The third-order valence-electron chi connectivity index (χ3n) is 3.80. The topological polar surface area (TPSA) is 41.6 Å². The van der Waals surface area contributed by atoms with E-state index in [-0.39, 0.29) is 5.97 Å². The Bertz CT molecular complexity index is 459. The lowest BCUT2D eigenvalue weighted by Crippen LogP contribution is -2.38. The molecule has 0 saturated carbocycles. The Balaban J connectivity index is 2.40. The average Bonchev–Trinajstić information content (AvgIpc) is 2.46. The minimum atomic E-state index is -0.273. The fraction of sp³-hybridized carbons (Fsp3) is 0.533. The van der Waals surface area contributed by atoms with Crippen LogP contribution in [0.4, 0.5) is 11.4 Å². The van der Waals surface area contributed by atoms with Gasteiger partial charge in [0, 0.05) is 25.3 Å². The number of methoxy groups -OCH3 is 1. The predicted molar refractivity (Wildman–Crippen MR) is 78.0 cm³/mol. The van der Waals surface area contributed by atoms with Gasteiger partial charge in [-0.15, -0.1) is 0 Å². The van der Waals surface area contributed by atoms with E-state index in [0.717, 1.165) is 17.9 Å². The van der Waals surface area contributed by atoms with Crippen molar-refractivity contribution in [1.29, 1.82) is 0 Å². The number of nitrogens with one attached hydrogen (secondary N) is 1. The van der Waals surface area contributed by atoms with Gasteiger partial charge in [0.15, 0.2) is 0 Å². The number of anilines is 2. The van der Waals surface area contributed by atoms with E-state index in [2.05, 4.69) is 17.1 Å². The summed E-state index contributed by atoms with van der Waals surface area (Å²) in [5.74, 6) is -0.273. The maximum atomic E-state index is 12.0. The molecule has 2 rings (SSSR count). The second-order valence-electron chi connectivity index (χ2n) is 5.01. The van der Waals surface area contributed by atoms with Crippen LogP contribution < -0.4 is 10.2 Å². The van der Waals surface area contributed by atoms with Gasteiger partial charge in [0.05, 0.1) is 18.4 Å². The zero-order valence-corrected chi connectivity index (χ0v) is 11.9. The van der Waals surface area contributed by atoms with Gasteiger partial charge in [-0.1, -0.05) is 0 Å². The Morgan fingerprint density at radius 3 is 2.84 bits per heavy atom. The molecule has 0 bridgehead atoms. The second kappa shape index (κ2) is 5.95. The van der Waals surface area contributed by atoms with E-state index in [4.69, 9.17) is 4.74 Å². The first-order chi connectivity index (χ1) is 9.17. The molecule has 1 fully saturated rings. The molecule has 1 aliphatic heterocycles. The molecule has 1 aromatic rings. The smallest absolute Gasteiger partial charge is 0.340 e. The van der Waals surface area contributed by atoms with Crippen LogP contribution in [0.3, 0.4) is 0 Å². The molecule has 104 valence electrons. The normalized spacial score (nSPS) is 19.1. The summed E-state index contributed by atoms with van der Waals surface area (Å²) in [7, 11) is 3.28. The fourth-order valence-electron chi connectivity index (χ4n) is 2.67. The molecular weight excluding hydrogens is 240 g/mol. The van der Waals surface area contributed by atoms with Crippen LogP contribution in [0.25, 0.3) is 0 Å².